The minimum absolute atomic E-state index is 0.149. The molecule has 0 aromatic heterocycles. The Morgan fingerprint density at radius 3 is 1.97 bits per heavy atom. The van der Waals surface area contributed by atoms with Crippen molar-refractivity contribution in [2.45, 2.75) is 86.8 Å². The van der Waals surface area contributed by atoms with Gasteiger partial charge in [-0.25, -0.2) is 33.7 Å². The number of allylic oxidation sites excluding steroid dienone is 7. The van der Waals surface area contributed by atoms with Crippen molar-refractivity contribution < 1.29 is 70.8 Å². The first-order chi connectivity index (χ1) is 33.5. The maximum Gasteiger partial charge on any atom is 0.230 e. The van der Waals surface area contributed by atoms with Crippen LogP contribution in [0.4, 0.5) is 11.4 Å². The van der Waals surface area contributed by atoms with Gasteiger partial charge in [0.2, 0.25) is 17.5 Å². The quantitative estimate of drug-likeness (QED) is 0.0638. The second-order valence-electron chi connectivity index (χ2n) is 18.4. The zero-order chi connectivity index (χ0) is 53.0. The Labute approximate surface area is 429 Å². The van der Waals surface area contributed by atoms with Crippen LogP contribution < -0.4 is 20.3 Å². The lowest BCUT2D eigenvalue weighted by atomic mass is 9.81. The van der Waals surface area contributed by atoms with Crippen LogP contribution in [0.25, 0.3) is 0 Å². The molecule has 0 saturated carbocycles. The number of carbonyl (C=O) groups excluding carboxylic acids is 2. The normalized spacial score (nSPS) is 18.0. The fourth-order valence-electron chi connectivity index (χ4n) is 9.00. The van der Waals surface area contributed by atoms with Crippen LogP contribution in [-0.4, -0.2) is 117 Å². The van der Waals surface area contributed by atoms with Crippen LogP contribution in [-0.2, 0) is 67.3 Å². The van der Waals surface area contributed by atoms with E-state index in [1.54, 1.807) is 73.6 Å². The average molecular weight is 1140 g/mol. The number of anilines is 1. The van der Waals surface area contributed by atoms with Gasteiger partial charge in [-0.3, -0.25) is 9.59 Å². The number of fused-ring (bicyclic) bond motifs is 2. The van der Waals surface area contributed by atoms with Crippen LogP contribution in [0.1, 0.15) is 76.5 Å². The number of nitrogens with zero attached hydrogens (tertiary/aromatic N) is 2. The van der Waals surface area contributed by atoms with E-state index in [-0.39, 0.29) is 36.7 Å². The summed E-state index contributed by atoms with van der Waals surface area (Å²) in [5, 5.41) is 5.75. The van der Waals surface area contributed by atoms with Crippen LogP contribution in [0.15, 0.2) is 117 Å². The monoisotopic (exact) mass is 1130 g/mol. The van der Waals surface area contributed by atoms with Crippen LogP contribution in [0, 0.1) is 0 Å². The molecule has 19 nitrogen and oxygen atoms in total. The number of nitrogens with one attached hydrogen (secondary N) is 2. The van der Waals surface area contributed by atoms with Gasteiger partial charge in [0.25, 0.3) is 0 Å². The van der Waals surface area contributed by atoms with E-state index >= 15 is 0 Å². The molecule has 24 heteroatoms. The van der Waals surface area contributed by atoms with Gasteiger partial charge in [-0.2, -0.15) is 4.58 Å². The summed E-state index contributed by atoms with van der Waals surface area (Å²) in [4.78, 5) is 24.6. The number of hydrogen-bond acceptors (Lipinski definition) is 16. The number of aryl methyl sites for hydroxylation is 1. The molecule has 6 rings (SSSR count). The van der Waals surface area contributed by atoms with E-state index in [4.69, 9.17) is 4.74 Å². The van der Waals surface area contributed by atoms with Crippen LogP contribution in [0.2, 0.25) is 0 Å². The lowest BCUT2D eigenvalue weighted by molar-refractivity contribution is -0.432. The summed E-state index contributed by atoms with van der Waals surface area (Å²) in [7, 11) is -19.2. The SMILES string of the molecule is CC1(C)C(/C=C/C2=C(Oc3ccc(CCC(=O)NCCCNC(=O)CBr)cc3)C(=C/C=C3/N(CCS(=O)(=O)[O-])c4ccc(S(=O)(=O)[O-])cc4C3(C)C)/CCC2)=[N+](CCS(=O)(=O)[O-])c2ccc(S(=O)(=O)[O-])cc21. The first-order valence-electron chi connectivity index (χ1n) is 22.7. The molecule has 1 aliphatic carbocycles. The number of rotatable bonds is 21. The van der Waals surface area contributed by atoms with Crippen LogP contribution in [0.3, 0.4) is 0 Å². The van der Waals surface area contributed by atoms with E-state index in [2.05, 4.69) is 26.6 Å². The molecule has 2 amide bonds. The standard InChI is InChI=1S/C48H57BrN4O15S4/c1-47(2)38-29-36(71(62,63)64)16-18-40(38)52(25-27-69(56,57)58)42(47)20-12-33-7-5-8-34(46(33)68-35-14-9-32(10-15-35)11-22-44(54)50-23-6-24-51-45(55)31-49)13-21-43-48(3,4)39-30-37(72(65,66)67)17-19-41(39)53(43)26-28-70(59,60)61/h9-10,12-21,29-30H,5-8,11,22-28,31H2,1-4H3,(H5-,50,51,54,55,56,57,58,59,60,61,62,63,64,65,66,67)/p-3. The Kier molecular flexibility index (Phi) is 17.3. The van der Waals surface area contributed by atoms with Gasteiger partial charge in [0.15, 0.2) is 12.3 Å². The summed E-state index contributed by atoms with van der Waals surface area (Å²) in [5.74, 6) is -1.07. The van der Waals surface area contributed by atoms with Gasteiger partial charge < -0.3 is 38.5 Å². The van der Waals surface area contributed by atoms with Gasteiger partial charge in [0, 0.05) is 60.6 Å². The average Bonchev–Trinajstić information content (AvgIpc) is 3.64. The Morgan fingerprint density at radius 1 is 0.750 bits per heavy atom. The largest absolute Gasteiger partial charge is 0.748 e. The molecule has 0 bridgehead atoms. The molecule has 390 valence electrons. The molecule has 0 atom stereocenters. The third-order valence-electron chi connectivity index (χ3n) is 12.7. The van der Waals surface area contributed by atoms with Crippen molar-refractivity contribution in [3.63, 3.8) is 0 Å². The molecule has 2 heterocycles. The van der Waals surface area contributed by atoms with E-state index in [9.17, 15) is 61.5 Å². The lowest BCUT2D eigenvalue weighted by Gasteiger charge is -2.28. The number of hydrogen-bond donors (Lipinski definition) is 2. The predicted octanol–water partition coefficient (Wildman–Crippen LogP) is 4.59. The molecule has 0 fully saturated rings. The Bertz CT molecular complexity index is 3250. The summed E-state index contributed by atoms with van der Waals surface area (Å²) in [6.07, 6.45) is 9.67. The maximum absolute atomic E-state index is 12.6. The summed E-state index contributed by atoms with van der Waals surface area (Å²) in [6, 6.07) is 14.6. The zero-order valence-corrected chi connectivity index (χ0v) is 44.7. The van der Waals surface area contributed by atoms with Gasteiger partial charge in [0.05, 0.1) is 42.2 Å². The predicted molar refractivity (Wildman–Crippen MR) is 267 cm³/mol. The second-order valence-corrected chi connectivity index (χ2v) is 24.8. The lowest BCUT2D eigenvalue weighted by Crippen LogP contribution is -2.30. The van der Waals surface area contributed by atoms with Crippen molar-refractivity contribution in [3.8, 4) is 5.75 Å². The molecule has 3 aliphatic rings. The van der Waals surface area contributed by atoms with Crippen molar-refractivity contribution in [2.75, 3.05) is 47.9 Å². The molecule has 0 spiro atoms. The van der Waals surface area contributed by atoms with E-state index < -0.39 is 72.6 Å². The first kappa shape index (κ1) is 56.2. The molecule has 72 heavy (non-hydrogen) atoms. The van der Waals surface area contributed by atoms with Crippen molar-refractivity contribution in [2.24, 2.45) is 0 Å². The van der Waals surface area contributed by atoms with Gasteiger partial charge in [-0.15, -0.1) is 0 Å². The number of benzene rings is 3. The summed E-state index contributed by atoms with van der Waals surface area (Å²) >= 11 is 3.08. The molecule has 2 N–H and O–H groups in total. The van der Waals surface area contributed by atoms with E-state index in [1.807, 2.05) is 12.1 Å². The number of alkyl halides is 1. The number of halogens is 1. The Balaban J connectivity index is 1.41. The molecule has 3 aromatic rings. The molecule has 2 aliphatic heterocycles. The van der Waals surface area contributed by atoms with Crippen molar-refractivity contribution in [3.05, 3.63) is 124 Å². The third kappa shape index (κ3) is 14.0. The fourth-order valence-corrected chi connectivity index (χ4v) is 11.0. The molecule has 0 radical (unpaired) electrons. The van der Waals surface area contributed by atoms with Crippen LogP contribution in [0.5, 0.6) is 5.75 Å². The van der Waals surface area contributed by atoms with Gasteiger partial charge in [0.1, 0.15) is 41.9 Å². The minimum atomic E-state index is -4.88. The summed E-state index contributed by atoms with van der Waals surface area (Å²) in [6.45, 7) is 7.30. The maximum atomic E-state index is 12.6. The zero-order valence-electron chi connectivity index (χ0n) is 39.8. The topological polar surface area (TPSA) is 302 Å². The Hall–Kier alpha value is -5.05. The van der Waals surface area contributed by atoms with Crippen LogP contribution >= 0.6 is 15.9 Å². The van der Waals surface area contributed by atoms with E-state index in [1.165, 1.54) is 24.3 Å². The molecule has 0 saturated heterocycles. The highest BCUT2D eigenvalue weighted by Crippen LogP contribution is 2.49. The molecular formula is C48H54BrN4O15S4-3. The van der Waals surface area contributed by atoms with Gasteiger partial charge in [-0.05, 0) is 123 Å². The van der Waals surface area contributed by atoms with Crippen molar-refractivity contribution >= 4 is 85.3 Å². The highest BCUT2D eigenvalue weighted by molar-refractivity contribution is 9.09. The fraction of sp³-hybridized carbons (Fsp3) is 0.396. The third-order valence-corrected chi connectivity index (χ3v) is 16.2. The number of carbonyl (C=O) groups is 2. The summed E-state index contributed by atoms with van der Waals surface area (Å²) < 4.78 is 152. The van der Waals surface area contributed by atoms with E-state index in [0.717, 1.165) is 17.7 Å². The summed E-state index contributed by atoms with van der Waals surface area (Å²) in [5.41, 5.74) is 2.69. The molecular weight excluding hydrogens is 1080 g/mol. The van der Waals surface area contributed by atoms with Gasteiger partial charge >= 0.3 is 0 Å². The molecule has 0 unspecified atom stereocenters. The Morgan fingerprint density at radius 2 is 1.36 bits per heavy atom. The van der Waals surface area contributed by atoms with Crippen molar-refractivity contribution in [1.29, 1.82) is 0 Å². The minimum Gasteiger partial charge on any atom is -0.748 e. The number of amides is 2. The van der Waals surface area contributed by atoms with E-state index in [0.29, 0.717) is 102 Å². The highest BCUT2D eigenvalue weighted by atomic mass is 79.9. The number of ether oxygens (including phenoxy) is 1. The second kappa shape index (κ2) is 22.2. The first-order valence-corrected chi connectivity index (χ1v) is 29.8. The van der Waals surface area contributed by atoms with Gasteiger partial charge in [-0.1, -0.05) is 48.0 Å². The smallest absolute Gasteiger partial charge is 0.230 e. The molecule has 3 aromatic carbocycles. The van der Waals surface area contributed by atoms with Crippen molar-refractivity contribution in [1.82, 2.24) is 10.6 Å². The highest BCUT2D eigenvalue weighted by Gasteiger charge is 2.45.